The summed E-state index contributed by atoms with van der Waals surface area (Å²) in [7, 11) is 0. The number of aromatic nitrogens is 2. The molecule has 0 atom stereocenters. The van der Waals surface area contributed by atoms with E-state index < -0.39 is 0 Å². The highest BCUT2D eigenvalue weighted by atomic mass is 32.1. The number of rotatable bonds is 4. The quantitative estimate of drug-likeness (QED) is 0.677. The summed E-state index contributed by atoms with van der Waals surface area (Å²) >= 11 is 4.66. The Labute approximate surface area is 86.7 Å². The van der Waals surface area contributed by atoms with Gasteiger partial charge in [-0.2, -0.15) is 0 Å². The third-order valence-corrected chi connectivity index (χ3v) is 1.66. The second-order valence-electron chi connectivity index (χ2n) is 2.56. The highest BCUT2D eigenvalue weighted by Crippen LogP contribution is 1.89. The van der Waals surface area contributed by atoms with Gasteiger partial charge in [-0.3, -0.25) is 9.78 Å². The molecule has 0 saturated heterocycles. The van der Waals surface area contributed by atoms with Crippen LogP contribution in [0, 0.1) is 0 Å². The summed E-state index contributed by atoms with van der Waals surface area (Å²) in [6.45, 7) is 0.421. The van der Waals surface area contributed by atoms with E-state index >= 15 is 0 Å². The van der Waals surface area contributed by atoms with Gasteiger partial charge in [0.1, 0.15) is 5.69 Å². The maximum atomic E-state index is 11.3. The minimum Gasteiger partial charge on any atom is -0.393 e. The van der Waals surface area contributed by atoms with Gasteiger partial charge in [0.15, 0.2) is 0 Å². The predicted octanol–water partition coefficient (Wildman–Crippen LogP) is -0.117. The van der Waals surface area contributed by atoms with Gasteiger partial charge in [-0.25, -0.2) is 4.98 Å². The molecule has 1 rings (SSSR count). The highest BCUT2D eigenvalue weighted by Gasteiger charge is 2.05. The van der Waals surface area contributed by atoms with Crippen molar-refractivity contribution >= 4 is 23.1 Å². The van der Waals surface area contributed by atoms with Crippen molar-refractivity contribution in [3.63, 3.8) is 0 Å². The number of carbonyl (C=O) groups excluding carboxylic acids is 1. The van der Waals surface area contributed by atoms with E-state index in [2.05, 4.69) is 27.5 Å². The van der Waals surface area contributed by atoms with E-state index in [-0.39, 0.29) is 11.6 Å². The molecular weight excluding hydrogens is 200 g/mol. The number of nitrogens with two attached hydrogens (primary N) is 1. The zero-order valence-electron chi connectivity index (χ0n) is 7.43. The van der Waals surface area contributed by atoms with Crippen molar-refractivity contribution < 1.29 is 4.79 Å². The van der Waals surface area contributed by atoms with Gasteiger partial charge in [-0.15, -0.1) is 0 Å². The maximum absolute atomic E-state index is 11.3. The first kappa shape index (κ1) is 10.5. The van der Waals surface area contributed by atoms with Crippen molar-refractivity contribution in [2.45, 2.75) is 6.42 Å². The van der Waals surface area contributed by atoms with Crippen LogP contribution in [0.2, 0.25) is 0 Å². The summed E-state index contributed by atoms with van der Waals surface area (Å²) in [5.74, 6) is -0.269. The lowest BCUT2D eigenvalue weighted by Gasteiger charge is -2.02. The van der Waals surface area contributed by atoms with Gasteiger partial charge in [0.2, 0.25) is 0 Å². The summed E-state index contributed by atoms with van der Waals surface area (Å²) in [5.41, 5.74) is 5.56. The Hall–Kier alpha value is -1.56. The van der Waals surface area contributed by atoms with Crippen molar-refractivity contribution in [2.24, 2.45) is 5.73 Å². The Morgan fingerprint density at radius 2 is 2.36 bits per heavy atom. The van der Waals surface area contributed by atoms with Crippen LogP contribution in [0.15, 0.2) is 18.6 Å². The van der Waals surface area contributed by atoms with Crippen LogP contribution < -0.4 is 11.1 Å². The second kappa shape index (κ2) is 5.23. The molecule has 1 aromatic heterocycles. The van der Waals surface area contributed by atoms with Gasteiger partial charge in [0.25, 0.3) is 5.91 Å². The van der Waals surface area contributed by atoms with E-state index in [1.54, 1.807) is 0 Å². The molecule has 1 heterocycles. The van der Waals surface area contributed by atoms with Gasteiger partial charge >= 0.3 is 0 Å². The molecule has 0 fully saturated rings. The molecule has 74 valence electrons. The first-order chi connectivity index (χ1) is 6.70. The fourth-order valence-electron chi connectivity index (χ4n) is 0.806. The Kier molecular flexibility index (Phi) is 3.93. The molecule has 5 nitrogen and oxygen atoms in total. The number of hydrogen-bond acceptors (Lipinski definition) is 4. The van der Waals surface area contributed by atoms with Crippen LogP contribution in [0.4, 0.5) is 0 Å². The van der Waals surface area contributed by atoms with Crippen LogP contribution >= 0.6 is 12.2 Å². The molecule has 0 aliphatic carbocycles. The standard InChI is InChI=1S/C8H10N4OS/c9-7(14)1-2-12-8(13)6-5-10-3-4-11-6/h3-5H,1-2H2,(H2,9,14)(H,12,13). The fraction of sp³-hybridized carbons (Fsp3) is 0.250. The van der Waals surface area contributed by atoms with Gasteiger partial charge in [-0.1, -0.05) is 12.2 Å². The third kappa shape index (κ3) is 3.44. The van der Waals surface area contributed by atoms with Crippen LogP contribution in [0.25, 0.3) is 0 Å². The number of hydrogen-bond donors (Lipinski definition) is 2. The minimum atomic E-state index is -0.269. The van der Waals surface area contributed by atoms with E-state index in [4.69, 9.17) is 5.73 Å². The van der Waals surface area contributed by atoms with Crippen LogP contribution in [-0.2, 0) is 0 Å². The summed E-state index contributed by atoms with van der Waals surface area (Å²) < 4.78 is 0. The van der Waals surface area contributed by atoms with E-state index in [9.17, 15) is 4.79 Å². The topological polar surface area (TPSA) is 80.9 Å². The van der Waals surface area contributed by atoms with Crippen molar-refractivity contribution in [2.75, 3.05) is 6.54 Å². The molecule has 0 bridgehead atoms. The molecule has 1 amide bonds. The summed E-state index contributed by atoms with van der Waals surface area (Å²) in [4.78, 5) is 19.3. The SMILES string of the molecule is NC(=S)CCNC(=O)c1cnccn1. The fourth-order valence-corrected chi connectivity index (χ4v) is 0.908. The van der Waals surface area contributed by atoms with Gasteiger partial charge in [0, 0.05) is 25.4 Å². The average Bonchev–Trinajstić information content (AvgIpc) is 2.18. The molecule has 1 aromatic rings. The van der Waals surface area contributed by atoms with Crippen molar-refractivity contribution in [3.05, 3.63) is 24.3 Å². The van der Waals surface area contributed by atoms with Gasteiger partial charge < -0.3 is 11.1 Å². The molecule has 0 saturated carbocycles. The molecule has 14 heavy (non-hydrogen) atoms. The summed E-state index contributed by atoms with van der Waals surface area (Å²) in [5, 5.41) is 2.62. The molecule has 0 aromatic carbocycles. The molecule has 0 aliphatic heterocycles. The lowest BCUT2D eigenvalue weighted by Crippen LogP contribution is -2.28. The number of nitrogens with zero attached hydrogens (tertiary/aromatic N) is 2. The largest absolute Gasteiger partial charge is 0.393 e. The number of thiocarbonyl (C=S) groups is 1. The van der Waals surface area contributed by atoms with Crippen LogP contribution in [0.3, 0.4) is 0 Å². The lowest BCUT2D eigenvalue weighted by atomic mass is 10.4. The monoisotopic (exact) mass is 210 g/mol. The number of carbonyl (C=O) groups is 1. The van der Waals surface area contributed by atoms with Crippen LogP contribution in [0.5, 0.6) is 0 Å². The smallest absolute Gasteiger partial charge is 0.271 e. The zero-order chi connectivity index (χ0) is 10.4. The molecule has 6 heteroatoms. The first-order valence-electron chi connectivity index (χ1n) is 4.02. The summed E-state index contributed by atoms with van der Waals surface area (Å²) in [6.07, 6.45) is 4.85. The Bertz CT molecular complexity index is 327. The third-order valence-electron chi connectivity index (χ3n) is 1.45. The maximum Gasteiger partial charge on any atom is 0.271 e. The van der Waals surface area contributed by atoms with Crippen molar-refractivity contribution in [1.82, 2.24) is 15.3 Å². The van der Waals surface area contributed by atoms with E-state index in [0.717, 1.165) is 0 Å². The Morgan fingerprint density at radius 1 is 1.57 bits per heavy atom. The minimum absolute atomic E-state index is 0.269. The molecular formula is C8H10N4OS. The molecule has 0 spiro atoms. The second-order valence-corrected chi connectivity index (χ2v) is 3.09. The normalized spacial score (nSPS) is 9.43. The van der Waals surface area contributed by atoms with E-state index in [0.29, 0.717) is 18.0 Å². The molecule has 0 aliphatic rings. The number of nitrogens with one attached hydrogen (secondary N) is 1. The molecule has 0 unspecified atom stereocenters. The van der Waals surface area contributed by atoms with E-state index in [1.807, 2.05) is 0 Å². The van der Waals surface area contributed by atoms with Gasteiger partial charge in [-0.05, 0) is 0 Å². The predicted molar refractivity (Wildman–Crippen MR) is 55.8 cm³/mol. The van der Waals surface area contributed by atoms with E-state index in [1.165, 1.54) is 18.6 Å². The van der Waals surface area contributed by atoms with Crippen molar-refractivity contribution in [3.8, 4) is 0 Å². The van der Waals surface area contributed by atoms with Crippen molar-refractivity contribution in [1.29, 1.82) is 0 Å². The average molecular weight is 210 g/mol. The highest BCUT2D eigenvalue weighted by molar-refractivity contribution is 7.80. The lowest BCUT2D eigenvalue weighted by molar-refractivity contribution is 0.0949. The summed E-state index contributed by atoms with van der Waals surface area (Å²) in [6, 6.07) is 0. The molecule has 3 N–H and O–H groups in total. The van der Waals surface area contributed by atoms with Crippen LogP contribution in [0.1, 0.15) is 16.9 Å². The first-order valence-corrected chi connectivity index (χ1v) is 4.43. The van der Waals surface area contributed by atoms with Crippen LogP contribution in [-0.4, -0.2) is 27.4 Å². The molecule has 0 radical (unpaired) electrons. The zero-order valence-corrected chi connectivity index (χ0v) is 8.25. The Morgan fingerprint density at radius 3 is 2.93 bits per heavy atom. The van der Waals surface area contributed by atoms with Gasteiger partial charge in [0.05, 0.1) is 11.2 Å². The number of amides is 1. The Balaban J connectivity index is 2.40.